The monoisotopic (exact) mass is 595 g/mol. The molecule has 1 amide bonds. The fourth-order valence-corrected chi connectivity index (χ4v) is 4.38. The Balaban J connectivity index is 0.00000342. The van der Waals surface area contributed by atoms with Crippen molar-refractivity contribution >= 4 is 59.9 Å². The molecule has 2 aromatic rings. The number of rotatable bonds is 11. The standard InChI is InChI=1S/C25H31Cl2N3O5.2ClH/c1-2-34-25(33)20(15-17-7-4-3-5-8-17)29-24(32)18-16-19(26)23(21(27)22(18)31)35-14-6-11-30-12-9-28-10-13-30;;/h3-5,7-8,16,20,28,31H,2,6,9-15H2,1H3,(H,29,32);2*1H/t20-;;/m1../s1. The van der Waals surface area contributed by atoms with Crippen molar-refractivity contribution < 1.29 is 24.2 Å². The number of hydrogen-bond donors (Lipinski definition) is 3. The Hall–Kier alpha value is -1.94. The molecule has 1 heterocycles. The number of halogens is 4. The van der Waals surface area contributed by atoms with Crippen molar-refractivity contribution in [1.82, 2.24) is 15.5 Å². The Kier molecular flexibility index (Phi) is 15.0. The first-order valence-electron chi connectivity index (χ1n) is 11.7. The molecule has 0 radical (unpaired) electrons. The number of carbonyl (C=O) groups is 2. The van der Waals surface area contributed by atoms with Gasteiger partial charge in [-0.3, -0.25) is 4.79 Å². The molecule has 0 aliphatic carbocycles. The van der Waals surface area contributed by atoms with Gasteiger partial charge in [-0.05, 0) is 25.0 Å². The number of esters is 1. The molecule has 206 valence electrons. The normalized spacial score (nSPS) is 14.0. The van der Waals surface area contributed by atoms with E-state index in [1.807, 2.05) is 30.3 Å². The highest BCUT2D eigenvalue weighted by atomic mass is 35.5. The van der Waals surface area contributed by atoms with Crippen LogP contribution in [0.25, 0.3) is 0 Å². The van der Waals surface area contributed by atoms with Crippen LogP contribution in [-0.2, 0) is 16.0 Å². The van der Waals surface area contributed by atoms with E-state index in [9.17, 15) is 14.7 Å². The molecule has 0 saturated carbocycles. The first-order chi connectivity index (χ1) is 16.9. The SMILES string of the molecule is CCOC(=O)[C@@H](Cc1ccccc1)NC(=O)c1cc(Cl)c(OCCCN2CCNCC2)c(Cl)c1O.Cl.Cl. The maximum Gasteiger partial charge on any atom is 0.328 e. The van der Waals surface area contributed by atoms with E-state index in [1.54, 1.807) is 6.92 Å². The van der Waals surface area contributed by atoms with Gasteiger partial charge in [-0.25, -0.2) is 4.79 Å². The molecule has 37 heavy (non-hydrogen) atoms. The minimum Gasteiger partial charge on any atom is -0.505 e. The van der Waals surface area contributed by atoms with Gasteiger partial charge in [0, 0.05) is 39.1 Å². The van der Waals surface area contributed by atoms with E-state index < -0.39 is 23.7 Å². The molecule has 1 aliphatic heterocycles. The average molecular weight is 597 g/mol. The molecule has 1 atom stereocenters. The van der Waals surface area contributed by atoms with Gasteiger partial charge in [-0.2, -0.15) is 0 Å². The highest BCUT2D eigenvalue weighted by Gasteiger charge is 2.27. The van der Waals surface area contributed by atoms with Crippen molar-refractivity contribution in [3.63, 3.8) is 0 Å². The lowest BCUT2D eigenvalue weighted by Crippen LogP contribution is -2.44. The van der Waals surface area contributed by atoms with E-state index in [4.69, 9.17) is 32.7 Å². The van der Waals surface area contributed by atoms with Crippen molar-refractivity contribution in [2.24, 2.45) is 0 Å². The molecule has 3 rings (SSSR count). The number of nitrogens with one attached hydrogen (secondary N) is 2. The van der Waals surface area contributed by atoms with Crippen molar-refractivity contribution in [3.8, 4) is 11.5 Å². The van der Waals surface area contributed by atoms with Gasteiger partial charge in [0.1, 0.15) is 11.1 Å². The van der Waals surface area contributed by atoms with Crippen LogP contribution in [0.2, 0.25) is 10.0 Å². The van der Waals surface area contributed by atoms with E-state index in [0.29, 0.717) is 6.61 Å². The van der Waals surface area contributed by atoms with Gasteiger partial charge in [0.2, 0.25) is 0 Å². The minimum atomic E-state index is -0.956. The summed E-state index contributed by atoms with van der Waals surface area (Å²) in [4.78, 5) is 27.8. The Morgan fingerprint density at radius 3 is 2.49 bits per heavy atom. The van der Waals surface area contributed by atoms with Crippen LogP contribution >= 0.6 is 48.0 Å². The second-order valence-electron chi connectivity index (χ2n) is 8.16. The molecular weight excluding hydrogens is 564 g/mol. The van der Waals surface area contributed by atoms with Crippen LogP contribution < -0.4 is 15.4 Å². The Labute approximate surface area is 239 Å². The molecule has 1 fully saturated rings. The summed E-state index contributed by atoms with van der Waals surface area (Å²) in [5.74, 6) is -1.63. The predicted octanol–water partition coefficient (Wildman–Crippen LogP) is 4.12. The molecule has 8 nitrogen and oxygen atoms in total. The zero-order valence-corrected chi connectivity index (χ0v) is 23.7. The Morgan fingerprint density at radius 2 is 1.84 bits per heavy atom. The highest BCUT2D eigenvalue weighted by molar-refractivity contribution is 6.39. The lowest BCUT2D eigenvalue weighted by molar-refractivity contribution is -0.145. The molecule has 1 saturated heterocycles. The first kappa shape index (κ1) is 33.1. The number of phenols is 1. The number of carbonyl (C=O) groups excluding carboxylic acids is 2. The van der Waals surface area contributed by atoms with Crippen molar-refractivity contribution in [2.75, 3.05) is 45.9 Å². The van der Waals surface area contributed by atoms with Gasteiger partial charge in [-0.15, -0.1) is 24.8 Å². The lowest BCUT2D eigenvalue weighted by atomic mass is 10.1. The molecule has 1 aliphatic rings. The van der Waals surface area contributed by atoms with Crippen LogP contribution in [0.4, 0.5) is 0 Å². The summed E-state index contributed by atoms with van der Waals surface area (Å²) in [5.41, 5.74) is 0.686. The molecule has 0 bridgehead atoms. The van der Waals surface area contributed by atoms with Crippen LogP contribution in [0.1, 0.15) is 29.3 Å². The van der Waals surface area contributed by atoms with Gasteiger partial charge in [0.05, 0.1) is 23.8 Å². The van der Waals surface area contributed by atoms with E-state index >= 15 is 0 Å². The van der Waals surface area contributed by atoms with Gasteiger partial charge in [0.15, 0.2) is 11.5 Å². The fraction of sp³-hybridized carbons (Fsp3) is 0.440. The number of phenolic OH excluding ortho intramolecular Hbond substituents is 1. The number of benzene rings is 2. The molecule has 0 spiro atoms. The van der Waals surface area contributed by atoms with Crippen LogP contribution in [0, 0.1) is 0 Å². The summed E-state index contributed by atoms with van der Waals surface area (Å²) in [6.45, 7) is 7.01. The Bertz CT molecular complexity index is 1010. The van der Waals surface area contributed by atoms with Gasteiger partial charge in [0.25, 0.3) is 5.91 Å². The maximum atomic E-state index is 13.0. The third-order valence-corrected chi connectivity index (χ3v) is 6.26. The van der Waals surface area contributed by atoms with E-state index in [-0.39, 0.29) is 59.2 Å². The summed E-state index contributed by atoms with van der Waals surface area (Å²) >= 11 is 12.7. The minimum absolute atomic E-state index is 0. The smallest absolute Gasteiger partial charge is 0.328 e. The summed E-state index contributed by atoms with van der Waals surface area (Å²) in [7, 11) is 0. The highest BCUT2D eigenvalue weighted by Crippen LogP contribution is 2.42. The third kappa shape index (κ3) is 9.71. The van der Waals surface area contributed by atoms with Crippen LogP contribution in [0.5, 0.6) is 11.5 Å². The average Bonchev–Trinajstić information content (AvgIpc) is 2.86. The summed E-state index contributed by atoms with van der Waals surface area (Å²) in [6, 6.07) is 9.56. The number of piperazine rings is 1. The summed E-state index contributed by atoms with van der Waals surface area (Å²) in [5, 5.41) is 16.5. The van der Waals surface area contributed by atoms with Gasteiger partial charge < -0.3 is 30.1 Å². The number of nitrogens with zero attached hydrogens (tertiary/aromatic N) is 1. The first-order valence-corrected chi connectivity index (χ1v) is 12.4. The van der Waals surface area contributed by atoms with Crippen molar-refractivity contribution in [3.05, 3.63) is 57.6 Å². The topological polar surface area (TPSA) is 100 Å². The molecule has 2 aromatic carbocycles. The lowest BCUT2D eigenvalue weighted by Gasteiger charge is -2.27. The van der Waals surface area contributed by atoms with Crippen LogP contribution in [0.15, 0.2) is 36.4 Å². The van der Waals surface area contributed by atoms with E-state index in [0.717, 1.165) is 44.7 Å². The second-order valence-corrected chi connectivity index (χ2v) is 8.94. The molecule has 0 unspecified atom stereocenters. The summed E-state index contributed by atoms with van der Waals surface area (Å²) < 4.78 is 10.8. The van der Waals surface area contributed by atoms with Gasteiger partial charge >= 0.3 is 5.97 Å². The van der Waals surface area contributed by atoms with Crippen molar-refractivity contribution in [2.45, 2.75) is 25.8 Å². The number of ether oxygens (including phenoxy) is 2. The zero-order chi connectivity index (χ0) is 25.2. The third-order valence-electron chi connectivity index (χ3n) is 5.63. The van der Waals surface area contributed by atoms with E-state index in [2.05, 4.69) is 15.5 Å². The molecular formula is C25H33Cl4N3O5. The second kappa shape index (κ2) is 16.8. The number of aromatic hydroxyl groups is 1. The quantitative estimate of drug-likeness (QED) is 0.265. The summed E-state index contributed by atoms with van der Waals surface area (Å²) in [6.07, 6.45) is 0.984. The van der Waals surface area contributed by atoms with E-state index in [1.165, 1.54) is 6.07 Å². The van der Waals surface area contributed by atoms with Crippen LogP contribution in [0.3, 0.4) is 0 Å². The number of hydrogen-bond acceptors (Lipinski definition) is 7. The predicted molar refractivity (Wildman–Crippen MR) is 150 cm³/mol. The largest absolute Gasteiger partial charge is 0.505 e. The van der Waals surface area contributed by atoms with Crippen molar-refractivity contribution in [1.29, 1.82) is 0 Å². The maximum absolute atomic E-state index is 13.0. The van der Waals surface area contributed by atoms with Gasteiger partial charge in [-0.1, -0.05) is 53.5 Å². The molecule has 12 heteroatoms. The van der Waals surface area contributed by atoms with Crippen LogP contribution in [-0.4, -0.2) is 73.9 Å². The Morgan fingerprint density at radius 1 is 1.16 bits per heavy atom. The number of amides is 1. The molecule has 3 N–H and O–H groups in total. The molecule has 0 aromatic heterocycles. The fourth-order valence-electron chi connectivity index (χ4n) is 3.82. The zero-order valence-electron chi connectivity index (χ0n) is 20.5.